The topological polar surface area (TPSA) is 72.8 Å². The van der Waals surface area contributed by atoms with Crippen LogP contribution < -0.4 is 0 Å². The van der Waals surface area contributed by atoms with Crippen LogP contribution in [0.25, 0.3) is 0 Å². The summed E-state index contributed by atoms with van der Waals surface area (Å²) in [6.45, 7) is 8.85. The van der Waals surface area contributed by atoms with E-state index < -0.39 is 30.2 Å². The van der Waals surface area contributed by atoms with Gasteiger partial charge in [-0.1, -0.05) is 18.2 Å². The molecule has 22 heavy (non-hydrogen) atoms. The SMILES string of the molecule is C=C1C(=O)O[C@@H]2C=C(C)[C@H](OC(C)=O)C/C=C(\C)C[C@@H](O)[C@@H]12. The van der Waals surface area contributed by atoms with Crippen molar-refractivity contribution in [2.45, 2.75) is 51.9 Å². The van der Waals surface area contributed by atoms with E-state index in [2.05, 4.69) is 6.58 Å². The summed E-state index contributed by atoms with van der Waals surface area (Å²) >= 11 is 0. The number of hydrogen-bond donors (Lipinski definition) is 1. The van der Waals surface area contributed by atoms with E-state index in [1.54, 1.807) is 6.08 Å². The van der Waals surface area contributed by atoms with E-state index in [4.69, 9.17) is 9.47 Å². The van der Waals surface area contributed by atoms with Crippen LogP contribution in [0.4, 0.5) is 0 Å². The van der Waals surface area contributed by atoms with Gasteiger partial charge in [0.05, 0.1) is 12.0 Å². The predicted molar refractivity (Wildman–Crippen MR) is 80.8 cm³/mol. The summed E-state index contributed by atoms with van der Waals surface area (Å²) in [5, 5.41) is 10.4. The molecule has 1 heterocycles. The molecule has 5 nitrogen and oxygen atoms in total. The van der Waals surface area contributed by atoms with Crippen LogP contribution in [0, 0.1) is 5.92 Å². The Balaban J connectivity index is 2.37. The average molecular weight is 306 g/mol. The number of carbonyl (C=O) groups excluding carboxylic acids is 2. The molecule has 0 saturated carbocycles. The fourth-order valence-corrected chi connectivity index (χ4v) is 2.94. The number of fused-ring (bicyclic) bond motifs is 1. The Kier molecular flexibility index (Phi) is 4.86. The van der Waals surface area contributed by atoms with E-state index >= 15 is 0 Å². The molecule has 0 aromatic rings. The van der Waals surface area contributed by atoms with Crippen molar-refractivity contribution in [1.29, 1.82) is 0 Å². The molecular weight excluding hydrogens is 284 g/mol. The van der Waals surface area contributed by atoms with Crippen molar-refractivity contribution < 1.29 is 24.2 Å². The molecule has 0 aromatic carbocycles. The van der Waals surface area contributed by atoms with Crippen LogP contribution in [0.15, 0.2) is 35.5 Å². The first-order valence-corrected chi connectivity index (χ1v) is 7.38. The standard InChI is InChI=1S/C17H22O5/c1-9-5-6-14(21-12(4)18)10(2)8-15-16(13(19)7-9)11(3)17(20)22-15/h5,8,13-16,19H,3,6-7H2,1-2,4H3/b9-5+,10-8?/t13-,14-,15-,16-/m1/s1. The second-order valence-electron chi connectivity index (χ2n) is 5.99. The van der Waals surface area contributed by atoms with Crippen molar-refractivity contribution in [3.8, 4) is 0 Å². The molecule has 0 aromatic heterocycles. The van der Waals surface area contributed by atoms with Crippen LogP contribution in [0.3, 0.4) is 0 Å². The molecule has 0 unspecified atom stereocenters. The summed E-state index contributed by atoms with van der Waals surface area (Å²) in [7, 11) is 0. The van der Waals surface area contributed by atoms with Gasteiger partial charge in [0.2, 0.25) is 0 Å². The van der Waals surface area contributed by atoms with Crippen molar-refractivity contribution in [3.63, 3.8) is 0 Å². The quantitative estimate of drug-likeness (QED) is 0.456. The molecule has 0 radical (unpaired) electrons. The zero-order valence-electron chi connectivity index (χ0n) is 13.2. The molecule has 1 fully saturated rings. The number of rotatable bonds is 1. The fourth-order valence-electron chi connectivity index (χ4n) is 2.94. The number of aliphatic hydroxyl groups is 1. The fraction of sp³-hybridized carbons (Fsp3) is 0.529. The minimum atomic E-state index is -0.727. The highest BCUT2D eigenvalue weighted by Crippen LogP contribution is 2.34. The third kappa shape index (κ3) is 3.47. The normalized spacial score (nSPS) is 34.9. The summed E-state index contributed by atoms with van der Waals surface area (Å²) in [4.78, 5) is 23.0. The largest absolute Gasteiger partial charge is 0.458 e. The molecule has 2 rings (SSSR count). The number of esters is 2. The summed E-state index contributed by atoms with van der Waals surface area (Å²) in [6, 6.07) is 0. The Morgan fingerprint density at radius 1 is 1.45 bits per heavy atom. The van der Waals surface area contributed by atoms with E-state index in [9.17, 15) is 14.7 Å². The molecule has 5 heteroatoms. The minimum absolute atomic E-state index is 0.291. The van der Waals surface area contributed by atoms with Crippen LogP contribution >= 0.6 is 0 Å². The Morgan fingerprint density at radius 2 is 2.14 bits per heavy atom. The molecule has 1 saturated heterocycles. The lowest BCUT2D eigenvalue weighted by molar-refractivity contribution is -0.144. The van der Waals surface area contributed by atoms with Crippen molar-refractivity contribution in [3.05, 3.63) is 35.5 Å². The van der Waals surface area contributed by atoms with Gasteiger partial charge >= 0.3 is 11.9 Å². The third-order valence-corrected chi connectivity index (χ3v) is 4.13. The number of carbonyl (C=O) groups is 2. The van der Waals surface area contributed by atoms with Gasteiger partial charge < -0.3 is 14.6 Å². The smallest absolute Gasteiger partial charge is 0.334 e. The van der Waals surface area contributed by atoms with Crippen LogP contribution in [0.2, 0.25) is 0 Å². The van der Waals surface area contributed by atoms with Gasteiger partial charge in [-0.3, -0.25) is 4.79 Å². The van der Waals surface area contributed by atoms with Crippen molar-refractivity contribution in [1.82, 2.24) is 0 Å². The Morgan fingerprint density at radius 3 is 2.77 bits per heavy atom. The molecule has 0 amide bonds. The van der Waals surface area contributed by atoms with Gasteiger partial charge in [0.15, 0.2) is 0 Å². The molecule has 2 aliphatic rings. The average Bonchev–Trinajstić information content (AvgIpc) is 2.68. The van der Waals surface area contributed by atoms with Gasteiger partial charge in [-0.25, -0.2) is 4.79 Å². The molecule has 4 atom stereocenters. The van der Waals surface area contributed by atoms with E-state index in [-0.39, 0.29) is 5.97 Å². The number of hydrogen-bond acceptors (Lipinski definition) is 5. The molecular formula is C17H22O5. The minimum Gasteiger partial charge on any atom is -0.458 e. The maximum Gasteiger partial charge on any atom is 0.334 e. The molecule has 120 valence electrons. The monoisotopic (exact) mass is 306 g/mol. The first-order valence-electron chi connectivity index (χ1n) is 7.38. The van der Waals surface area contributed by atoms with Crippen LogP contribution in [-0.4, -0.2) is 35.4 Å². The number of ether oxygens (including phenoxy) is 2. The molecule has 1 aliphatic heterocycles. The van der Waals surface area contributed by atoms with E-state index in [1.165, 1.54) is 6.92 Å². The molecule has 1 aliphatic carbocycles. The highest BCUT2D eigenvalue weighted by atomic mass is 16.6. The van der Waals surface area contributed by atoms with Gasteiger partial charge in [-0.05, 0) is 31.9 Å². The van der Waals surface area contributed by atoms with E-state index in [1.807, 2.05) is 19.9 Å². The van der Waals surface area contributed by atoms with Gasteiger partial charge in [-0.15, -0.1) is 0 Å². The predicted octanol–water partition coefficient (Wildman–Crippen LogP) is 2.06. The zero-order chi connectivity index (χ0) is 16.4. The molecule has 0 spiro atoms. The summed E-state index contributed by atoms with van der Waals surface area (Å²) in [5.41, 5.74) is 2.06. The van der Waals surface area contributed by atoms with Gasteiger partial charge in [0.25, 0.3) is 0 Å². The van der Waals surface area contributed by atoms with Crippen LogP contribution in [0.1, 0.15) is 33.6 Å². The highest BCUT2D eigenvalue weighted by molar-refractivity contribution is 5.91. The van der Waals surface area contributed by atoms with Crippen LogP contribution in [-0.2, 0) is 19.1 Å². The molecule has 0 bridgehead atoms. The Hall–Kier alpha value is -1.88. The van der Waals surface area contributed by atoms with Crippen molar-refractivity contribution in [2.24, 2.45) is 5.92 Å². The van der Waals surface area contributed by atoms with E-state index in [0.29, 0.717) is 18.4 Å². The van der Waals surface area contributed by atoms with Gasteiger partial charge in [0.1, 0.15) is 12.2 Å². The van der Waals surface area contributed by atoms with E-state index in [0.717, 1.165) is 11.1 Å². The molecule has 1 N–H and O–H groups in total. The lowest BCUT2D eigenvalue weighted by atomic mass is 9.85. The maximum absolute atomic E-state index is 11.8. The second kappa shape index (κ2) is 6.48. The summed E-state index contributed by atoms with van der Waals surface area (Å²) < 4.78 is 10.6. The Labute approximate surface area is 130 Å². The Bertz CT molecular complexity index is 557. The third-order valence-electron chi connectivity index (χ3n) is 4.13. The first-order chi connectivity index (χ1) is 10.3. The second-order valence-corrected chi connectivity index (χ2v) is 5.99. The summed E-state index contributed by atoms with van der Waals surface area (Å²) in [5.74, 6) is -1.31. The summed E-state index contributed by atoms with van der Waals surface area (Å²) in [6.07, 6.45) is 2.98. The lowest BCUT2D eigenvalue weighted by Crippen LogP contribution is -2.30. The number of aliphatic hydroxyl groups excluding tert-OH is 1. The van der Waals surface area contributed by atoms with Crippen LogP contribution in [0.5, 0.6) is 0 Å². The van der Waals surface area contributed by atoms with Crippen molar-refractivity contribution >= 4 is 11.9 Å². The van der Waals surface area contributed by atoms with Gasteiger partial charge in [-0.2, -0.15) is 0 Å². The highest BCUT2D eigenvalue weighted by Gasteiger charge is 2.42. The van der Waals surface area contributed by atoms with Gasteiger partial charge in [0, 0.05) is 18.9 Å². The first kappa shape index (κ1) is 16.5. The maximum atomic E-state index is 11.8. The zero-order valence-corrected chi connectivity index (χ0v) is 13.2. The van der Waals surface area contributed by atoms with Crippen molar-refractivity contribution in [2.75, 3.05) is 0 Å². The lowest BCUT2D eigenvalue weighted by Gasteiger charge is -2.25.